The summed E-state index contributed by atoms with van der Waals surface area (Å²) < 4.78 is 25.1. The van der Waals surface area contributed by atoms with Crippen molar-refractivity contribution in [1.29, 1.82) is 0 Å². The molecule has 0 unspecified atom stereocenters. The Bertz CT molecular complexity index is 909. The first-order valence-electron chi connectivity index (χ1n) is 6.78. The zero-order chi connectivity index (χ0) is 17.9. The molecule has 0 heterocycles. The van der Waals surface area contributed by atoms with Gasteiger partial charge >= 0.3 is 0 Å². The van der Waals surface area contributed by atoms with Gasteiger partial charge in [0.25, 0.3) is 15.7 Å². The predicted octanol–water partition coefficient (Wildman–Crippen LogP) is 3.37. The van der Waals surface area contributed by atoms with Gasteiger partial charge in [0, 0.05) is 21.7 Å². The summed E-state index contributed by atoms with van der Waals surface area (Å²) >= 11 is 3.23. The van der Waals surface area contributed by atoms with Gasteiger partial charge in [0.05, 0.1) is 15.5 Å². The second kappa shape index (κ2) is 7.10. The van der Waals surface area contributed by atoms with E-state index in [1.54, 1.807) is 38.1 Å². The second-order valence-corrected chi connectivity index (χ2v) is 7.58. The van der Waals surface area contributed by atoms with Gasteiger partial charge in [-0.05, 0) is 38.1 Å². The highest BCUT2D eigenvalue weighted by atomic mass is 79.9. The van der Waals surface area contributed by atoms with Crippen molar-refractivity contribution in [1.82, 2.24) is 4.83 Å². The standard InChI is InChI=1S/C15H14BrN3O4S/c1-10-3-4-12(9-15(10)19(20)21)11(2)17-18-24(22,23)14-7-5-13(16)6-8-14/h3-9,18H,1-2H3/b17-11-. The maximum atomic E-state index is 12.2. The van der Waals surface area contributed by atoms with Gasteiger partial charge in [0.15, 0.2) is 0 Å². The summed E-state index contributed by atoms with van der Waals surface area (Å²) in [7, 11) is -3.81. The number of hydrazone groups is 1. The molecule has 0 atom stereocenters. The van der Waals surface area contributed by atoms with E-state index in [1.807, 2.05) is 0 Å². The van der Waals surface area contributed by atoms with Crippen LogP contribution in [-0.4, -0.2) is 19.1 Å². The van der Waals surface area contributed by atoms with Crippen LogP contribution in [0.15, 0.2) is 56.9 Å². The van der Waals surface area contributed by atoms with Crippen LogP contribution in [0.2, 0.25) is 0 Å². The van der Waals surface area contributed by atoms with Gasteiger partial charge in [0.2, 0.25) is 0 Å². The Balaban J connectivity index is 2.27. The molecule has 0 saturated heterocycles. The lowest BCUT2D eigenvalue weighted by atomic mass is 10.1. The van der Waals surface area contributed by atoms with E-state index in [1.165, 1.54) is 18.2 Å². The van der Waals surface area contributed by atoms with Crippen molar-refractivity contribution in [2.45, 2.75) is 18.7 Å². The van der Waals surface area contributed by atoms with Gasteiger partial charge in [-0.2, -0.15) is 18.4 Å². The van der Waals surface area contributed by atoms with Gasteiger partial charge in [-0.3, -0.25) is 10.1 Å². The molecule has 7 nitrogen and oxygen atoms in total. The Labute approximate surface area is 147 Å². The number of nitro benzene ring substituents is 1. The molecule has 1 N–H and O–H groups in total. The van der Waals surface area contributed by atoms with E-state index in [-0.39, 0.29) is 10.6 Å². The fourth-order valence-corrected chi connectivity index (χ4v) is 3.01. The van der Waals surface area contributed by atoms with Crippen molar-refractivity contribution >= 4 is 37.4 Å². The molecule has 24 heavy (non-hydrogen) atoms. The van der Waals surface area contributed by atoms with Crippen molar-refractivity contribution in [3.8, 4) is 0 Å². The molecule has 0 spiro atoms. The van der Waals surface area contributed by atoms with Crippen LogP contribution >= 0.6 is 15.9 Å². The number of nitro groups is 1. The van der Waals surface area contributed by atoms with E-state index >= 15 is 0 Å². The van der Waals surface area contributed by atoms with Crippen molar-refractivity contribution < 1.29 is 13.3 Å². The van der Waals surface area contributed by atoms with Crippen molar-refractivity contribution in [3.63, 3.8) is 0 Å². The summed E-state index contributed by atoms with van der Waals surface area (Å²) in [6, 6.07) is 10.7. The van der Waals surface area contributed by atoms with Gasteiger partial charge in [-0.1, -0.05) is 28.1 Å². The summed E-state index contributed by atoms with van der Waals surface area (Å²) in [5, 5.41) is 14.8. The van der Waals surface area contributed by atoms with Crippen LogP contribution in [0.3, 0.4) is 0 Å². The van der Waals surface area contributed by atoms with Crippen molar-refractivity contribution in [2.24, 2.45) is 5.10 Å². The van der Waals surface area contributed by atoms with Crippen molar-refractivity contribution in [3.05, 3.63) is 68.2 Å². The maximum absolute atomic E-state index is 12.2. The first-order chi connectivity index (χ1) is 11.2. The predicted molar refractivity (Wildman–Crippen MR) is 94.5 cm³/mol. The highest BCUT2D eigenvalue weighted by Crippen LogP contribution is 2.20. The van der Waals surface area contributed by atoms with Gasteiger partial charge in [-0.25, -0.2) is 0 Å². The smallest absolute Gasteiger partial charge is 0.258 e. The number of hydrogen-bond donors (Lipinski definition) is 1. The van der Waals surface area contributed by atoms with E-state index in [4.69, 9.17) is 0 Å². The average Bonchev–Trinajstić information content (AvgIpc) is 2.53. The average molecular weight is 412 g/mol. The minimum Gasteiger partial charge on any atom is -0.258 e. The van der Waals surface area contributed by atoms with Gasteiger partial charge in [0.1, 0.15) is 0 Å². The third-order valence-electron chi connectivity index (χ3n) is 3.28. The lowest BCUT2D eigenvalue weighted by Crippen LogP contribution is -2.20. The van der Waals surface area contributed by atoms with E-state index in [0.717, 1.165) is 4.47 Å². The molecule has 126 valence electrons. The van der Waals surface area contributed by atoms with E-state index in [2.05, 4.69) is 25.9 Å². The number of nitrogens with zero attached hydrogens (tertiary/aromatic N) is 2. The number of halogens is 1. The second-order valence-electron chi connectivity index (χ2n) is 5.00. The number of rotatable bonds is 5. The Morgan fingerprint density at radius 1 is 1.21 bits per heavy atom. The van der Waals surface area contributed by atoms with Gasteiger partial charge in [-0.15, -0.1) is 0 Å². The first kappa shape index (κ1) is 18.1. The normalized spacial score (nSPS) is 12.0. The minimum absolute atomic E-state index is 0.0437. The summed E-state index contributed by atoms with van der Waals surface area (Å²) in [6.45, 7) is 3.20. The Hall–Kier alpha value is -2.26. The Morgan fingerprint density at radius 2 is 1.83 bits per heavy atom. The lowest BCUT2D eigenvalue weighted by Gasteiger charge is -2.06. The molecule has 0 amide bonds. The molecule has 0 aliphatic heterocycles. The number of hydrogen-bond acceptors (Lipinski definition) is 5. The van der Waals surface area contributed by atoms with E-state index in [0.29, 0.717) is 16.8 Å². The van der Waals surface area contributed by atoms with Crippen LogP contribution < -0.4 is 4.83 Å². The molecule has 0 aliphatic rings. The SMILES string of the molecule is C/C(=N/NS(=O)(=O)c1ccc(Br)cc1)c1ccc(C)c([N+](=O)[O-])c1. The molecule has 0 radical (unpaired) electrons. The Morgan fingerprint density at radius 3 is 2.42 bits per heavy atom. The maximum Gasteiger partial charge on any atom is 0.276 e. The third-order valence-corrected chi connectivity index (χ3v) is 5.03. The van der Waals surface area contributed by atoms with Crippen LogP contribution in [0, 0.1) is 17.0 Å². The minimum atomic E-state index is -3.81. The van der Waals surface area contributed by atoms with Crippen molar-refractivity contribution in [2.75, 3.05) is 0 Å². The zero-order valence-corrected chi connectivity index (χ0v) is 15.3. The molecular formula is C15H14BrN3O4S. The fraction of sp³-hybridized carbons (Fsp3) is 0.133. The highest BCUT2D eigenvalue weighted by Gasteiger charge is 2.15. The molecular weight excluding hydrogens is 398 g/mol. The molecule has 2 aromatic rings. The van der Waals surface area contributed by atoms with E-state index < -0.39 is 14.9 Å². The van der Waals surface area contributed by atoms with Crippen LogP contribution in [0.4, 0.5) is 5.69 Å². The van der Waals surface area contributed by atoms with Crippen LogP contribution in [-0.2, 0) is 10.0 Å². The topological polar surface area (TPSA) is 102 Å². The third kappa shape index (κ3) is 4.18. The van der Waals surface area contributed by atoms with Crippen LogP contribution in [0.1, 0.15) is 18.1 Å². The molecule has 0 aromatic heterocycles. The largest absolute Gasteiger partial charge is 0.276 e. The number of nitrogens with one attached hydrogen (secondary N) is 1. The Kier molecular flexibility index (Phi) is 5.35. The van der Waals surface area contributed by atoms with E-state index in [9.17, 15) is 18.5 Å². The van der Waals surface area contributed by atoms with Crippen LogP contribution in [0.25, 0.3) is 0 Å². The summed E-state index contributed by atoms with van der Waals surface area (Å²) in [5.74, 6) is 0. The lowest BCUT2D eigenvalue weighted by molar-refractivity contribution is -0.385. The van der Waals surface area contributed by atoms with Gasteiger partial charge < -0.3 is 0 Å². The summed E-state index contributed by atoms with van der Waals surface area (Å²) in [4.78, 5) is 12.7. The summed E-state index contributed by atoms with van der Waals surface area (Å²) in [6.07, 6.45) is 0. The number of benzene rings is 2. The number of aryl methyl sites for hydroxylation is 1. The fourth-order valence-electron chi connectivity index (χ4n) is 1.89. The molecule has 0 bridgehead atoms. The molecule has 2 rings (SSSR count). The highest BCUT2D eigenvalue weighted by molar-refractivity contribution is 9.10. The molecule has 0 aliphatic carbocycles. The molecule has 0 saturated carbocycles. The first-order valence-corrected chi connectivity index (χ1v) is 9.05. The molecule has 2 aromatic carbocycles. The molecule has 0 fully saturated rings. The van der Waals surface area contributed by atoms with Crippen LogP contribution in [0.5, 0.6) is 0 Å². The quantitative estimate of drug-likeness (QED) is 0.462. The summed E-state index contributed by atoms with van der Waals surface area (Å²) in [5.41, 5.74) is 1.26. The molecule has 9 heteroatoms. The number of sulfonamides is 1. The monoisotopic (exact) mass is 411 g/mol. The zero-order valence-electron chi connectivity index (χ0n) is 12.9.